The molecule has 0 amide bonds. The van der Waals surface area contributed by atoms with Gasteiger partial charge in [0.05, 0.1) is 6.61 Å². The third-order valence-corrected chi connectivity index (χ3v) is 4.35. The van der Waals surface area contributed by atoms with Gasteiger partial charge >= 0.3 is 21.3 Å². The predicted octanol–water partition coefficient (Wildman–Crippen LogP) is -2.04. The average Bonchev–Trinajstić information content (AvgIpc) is 2.80. The summed E-state index contributed by atoms with van der Waals surface area (Å²) in [5.41, 5.74) is -1.25. The van der Waals surface area contributed by atoms with Crippen LogP contribution in [0, 0.1) is 6.92 Å². The molecular formula is C10H16N2Na2O11P2. The van der Waals surface area contributed by atoms with Crippen molar-refractivity contribution in [2.24, 2.45) is 0 Å². The van der Waals surface area contributed by atoms with E-state index in [0.717, 1.165) is 4.57 Å². The van der Waals surface area contributed by atoms with Crippen LogP contribution in [-0.4, -0.2) is 107 Å². The maximum absolute atomic E-state index is 11.9. The summed E-state index contributed by atoms with van der Waals surface area (Å²) in [5.74, 6) is 0. The van der Waals surface area contributed by atoms with Gasteiger partial charge in [-0.3, -0.25) is 23.4 Å². The van der Waals surface area contributed by atoms with E-state index in [1.807, 2.05) is 4.98 Å². The number of hydrogen-bond acceptors (Lipinski definition) is 7. The maximum Gasteiger partial charge on any atom is 0.469 e. The van der Waals surface area contributed by atoms with Crippen molar-refractivity contribution in [3.05, 3.63) is 32.6 Å². The van der Waals surface area contributed by atoms with Gasteiger partial charge in [0.25, 0.3) is 5.56 Å². The van der Waals surface area contributed by atoms with Crippen molar-refractivity contribution in [2.75, 3.05) is 6.61 Å². The van der Waals surface area contributed by atoms with Crippen molar-refractivity contribution < 1.29 is 42.5 Å². The molecular weight excluding hydrogens is 432 g/mol. The molecule has 0 saturated carbocycles. The molecule has 2 radical (unpaired) electrons. The van der Waals surface area contributed by atoms with E-state index >= 15 is 0 Å². The van der Waals surface area contributed by atoms with Crippen molar-refractivity contribution in [1.82, 2.24) is 9.55 Å². The number of H-pyrrole nitrogens is 1. The van der Waals surface area contributed by atoms with Gasteiger partial charge in [-0.25, -0.2) is 13.9 Å². The van der Waals surface area contributed by atoms with Gasteiger partial charge in [0, 0.05) is 77.3 Å². The summed E-state index contributed by atoms with van der Waals surface area (Å²) in [7, 11) is -9.80. The van der Waals surface area contributed by atoms with Crippen LogP contribution in [0.1, 0.15) is 18.2 Å². The van der Waals surface area contributed by atoms with Crippen LogP contribution in [0.3, 0.4) is 0 Å². The van der Waals surface area contributed by atoms with Crippen LogP contribution in [0.25, 0.3) is 0 Å². The van der Waals surface area contributed by atoms with Crippen LogP contribution >= 0.6 is 15.6 Å². The molecule has 144 valence electrons. The number of aromatic nitrogens is 2. The predicted molar refractivity (Wildman–Crippen MR) is 91.0 cm³/mol. The number of ether oxygens (including phenoxy) is 1. The summed E-state index contributed by atoms with van der Waals surface area (Å²) in [6.45, 7) is 0.699. The fraction of sp³-hybridized carbons (Fsp3) is 0.600. The fourth-order valence-electron chi connectivity index (χ4n) is 2.28. The Morgan fingerprint density at radius 3 is 2.33 bits per heavy atom. The summed E-state index contributed by atoms with van der Waals surface area (Å²) in [5, 5.41) is 0. The Labute approximate surface area is 196 Å². The van der Waals surface area contributed by atoms with Crippen molar-refractivity contribution in [1.29, 1.82) is 0 Å². The molecule has 0 aliphatic carbocycles. The molecule has 1 aromatic rings. The first-order valence-corrected chi connectivity index (χ1v) is 9.83. The Kier molecular flexibility index (Phi) is 11.1. The summed E-state index contributed by atoms with van der Waals surface area (Å²) < 4.78 is 37.0. The van der Waals surface area contributed by atoms with Crippen LogP contribution in [-0.2, 0) is 22.9 Å². The molecule has 27 heavy (non-hydrogen) atoms. The molecule has 1 aliphatic heterocycles. The number of hydrogen-bond donors (Lipinski definition) is 5. The zero-order valence-corrected chi connectivity index (χ0v) is 20.5. The van der Waals surface area contributed by atoms with E-state index in [0.29, 0.717) is 0 Å². The first-order chi connectivity index (χ1) is 11.4. The van der Waals surface area contributed by atoms with E-state index < -0.39 is 51.9 Å². The number of phosphoric ester groups is 2. The van der Waals surface area contributed by atoms with Crippen LogP contribution in [0.2, 0.25) is 0 Å². The minimum atomic E-state index is -4.94. The van der Waals surface area contributed by atoms with Gasteiger partial charge in [-0.2, -0.15) is 0 Å². The van der Waals surface area contributed by atoms with Crippen molar-refractivity contribution in [3.63, 3.8) is 0 Å². The Morgan fingerprint density at radius 1 is 1.22 bits per heavy atom. The van der Waals surface area contributed by atoms with E-state index in [2.05, 4.69) is 9.05 Å². The molecule has 0 unspecified atom stereocenters. The fourth-order valence-corrected chi connectivity index (χ4v) is 3.19. The molecule has 2 heterocycles. The standard InChI is InChI=1S/C10H16N2O11P2.2Na/c1-5-3-12(10(14)11-9(5)13)8-2-6(23-25(18,19)20)7(22-8)4-21-24(15,16)17;;/h3,6-8H,2,4H2,1H3,(H,11,13,14)(H2,15,16,17)(H2,18,19,20);;/t6-,7+,8+;;/m0../s1. The second-order valence-corrected chi connectivity index (χ2v) is 7.70. The Bertz CT molecular complexity index is 846. The molecule has 0 spiro atoms. The minimum Gasteiger partial charge on any atom is -0.349 e. The number of phosphoric acid groups is 2. The normalized spacial score (nSPS) is 22.8. The quantitative estimate of drug-likeness (QED) is 0.237. The van der Waals surface area contributed by atoms with Gasteiger partial charge in [-0.1, -0.05) is 0 Å². The molecule has 1 aliphatic rings. The minimum absolute atomic E-state index is 0. The van der Waals surface area contributed by atoms with E-state index in [-0.39, 0.29) is 71.1 Å². The van der Waals surface area contributed by atoms with E-state index in [4.69, 9.17) is 24.3 Å². The summed E-state index contributed by atoms with van der Waals surface area (Å²) in [6.07, 6.45) is -2.72. The zero-order valence-electron chi connectivity index (χ0n) is 14.7. The topological polar surface area (TPSA) is 198 Å². The zero-order chi connectivity index (χ0) is 19.0. The summed E-state index contributed by atoms with van der Waals surface area (Å²) in [6, 6.07) is 0. The van der Waals surface area contributed by atoms with Crippen LogP contribution in [0.15, 0.2) is 15.8 Å². The van der Waals surface area contributed by atoms with Gasteiger partial charge in [-0.15, -0.1) is 0 Å². The number of nitrogens with one attached hydrogen (secondary N) is 1. The molecule has 5 N–H and O–H groups in total. The Balaban J connectivity index is 0.00000338. The van der Waals surface area contributed by atoms with Gasteiger partial charge in [0.15, 0.2) is 0 Å². The van der Waals surface area contributed by atoms with Gasteiger partial charge < -0.3 is 24.3 Å². The van der Waals surface area contributed by atoms with E-state index in [1.165, 1.54) is 13.1 Å². The molecule has 3 atom stereocenters. The van der Waals surface area contributed by atoms with Crippen molar-refractivity contribution in [3.8, 4) is 0 Å². The SMILES string of the molecule is Cc1cn([C@H]2C[C@H](OP(=O)(O)O)[C@@H](COP(=O)(O)O)O2)c(=O)[nH]c1=O.[Na].[Na]. The first-order valence-electron chi connectivity index (χ1n) is 6.77. The Hall–Kier alpha value is 0.860. The van der Waals surface area contributed by atoms with E-state index in [1.54, 1.807) is 0 Å². The largest absolute Gasteiger partial charge is 0.469 e. The van der Waals surface area contributed by atoms with Gasteiger partial charge in [0.1, 0.15) is 18.4 Å². The number of aromatic amines is 1. The molecule has 0 aromatic carbocycles. The maximum atomic E-state index is 11.9. The van der Waals surface area contributed by atoms with Crippen molar-refractivity contribution in [2.45, 2.75) is 31.8 Å². The van der Waals surface area contributed by atoms with Crippen molar-refractivity contribution >= 4 is 74.8 Å². The monoisotopic (exact) mass is 448 g/mol. The van der Waals surface area contributed by atoms with Crippen LogP contribution in [0.4, 0.5) is 0 Å². The van der Waals surface area contributed by atoms with Gasteiger partial charge in [-0.05, 0) is 6.92 Å². The molecule has 2 rings (SSSR count). The summed E-state index contributed by atoms with van der Waals surface area (Å²) in [4.78, 5) is 60.7. The average molecular weight is 448 g/mol. The second kappa shape index (κ2) is 10.8. The van der Waals surface area contributed by atoms with Crippen LogP contribution < -0.4 is 11.2 Å². The number of rotatable bonds is 6. The molecule has 1 saturated heterocycles. The molecule has 1 fully saturated rings. The van der Waals surface area contributed by atoms with Crippen LogP contribution in [0.5, 0.6) is 0 Å². The molecule has 1 aromatic heterocycles. The summed E-state index contributed by atoms with van der Waals surface area (Å²) >= 11 is 0. The third kappa shape index (κ3) is 8.63. The van der Waals surface area contributed by atoms with Gasteiger partial charge in [0.2, 0.25) is 0 Å². The number of aryl methyl sites for hydroxylation is 1. The van der Waals surface area contributed by atoms with E-state index in [9.17, 15) is 18.7 Å². The first kappa shape index (κ1) is 27.9. The second-order valence-electron chi connectivity index (χ2n) is 5.26. The molecule has 13 nitrogen and oxygen atoms in total. The Morgan fingerprint density at radius 2 is 1.81 bits per heavy atom. The smallest absolute Gasteiger partial charge is 0.349 e. The molecule has 17 heteroatoms. The third-order valence-electron chi connectivity index (χ3n) is 3.32. The molecule has 0 bridgehead atoms. The number of nitrogens with zero attached hydrogens (tertiary/aromatic N) is 1.